The molecule has 1 fully saturated rings. The first kappa shape index (κ1) is 30.0. The molecule has 0 spiro atoms. The molecular formula is C34H31ClN4O6. The number of imide groups is 1. The molecule has 3 aromatic carbocycles. The third-order valence-electron chi connectivity index (χ3n) is 7.65. The fourth-order valence-electron chi connectivity index (χ4n) is 5.61. The molecule has 1 unspecified atom stereocenters. The fourth-order valence-corrected chi connectivity index (χ4v) is 5.78. The van der Waals surface area contributed by atoms with Crippen LogP contribution in [0.4, 0.5) is 21.0 Å². The summed E-state index contributed by atoms with van der Waals surface area (Å²) >= 11 is 6.49. The Balaban J connectivity index is 1.41. The molecular weight excluding hydrogens is 596 g/mol. The van der Waals surface area contributed by atoms with Crippen molar-refractivity contribution < 1.29 is 28.6 Å². The third-order valence-corrected chi connectivity index (χ3v) is 7.88. The molecule has 3 heterocycles. The summed E-state index contributed by atoms with van der Waals surface area (Å²) < 4.78 is 18.1. The van der Waals surface area contributed by atoms with Crippen LogP contribution in [-0.4, -0.2) is 60.3 Å². The number of para-hydroxylation sites is 2. The highest BCUT2D eigenvalue weighted by atomic mass is 35.5. The highest BCUT2D eigenvalue weighted by Crippen LogP contribution is 2.51. The van der Waals surface area contributed by atoms with Gasteiger partial charge in [0.1, 0.15) is 11.5 Å². The molecule has 45 heavy (non-hydrogen) atoms. The average Bonchev–Trinajstić information content (AvgIpc) is 3.29. The molecule has 1 saturated heterocycles. The number of rotatable bonds is 6. The summed E-state index contributed by atoms with van der Waals surface area (Å²) in [6.45, 7) is 5.48. The van der Waals surface area contributed by atoms with Gasteiger partial charge in [-0.25, -0.2) is 14.5 Å². The van der Waals surface area contributed by atoms with Crippen molar-refractivity contribution in [3.05, 3.63) is 113 Å². The summed E-state index contributed by atoms with van der Waals surface area (Å²) in [5, 5.41) is 0.286. The van der Waals surface area contributed by atoms with Gasteiger partial charge in [0, 0.05) is 54.8 Å². The number of hydrogen-bond donors (Lipinski definition) is 0. The van der Waals surface area contributed by atoms with Crippen molar-refractivity contribution >= 4 is 41.1 Å². The molecule has 0 aliphatic carbocycles. The van der Waals surface area contributed by atoms with Gasteiger partial charge in [0.2, 0.25) is 5.60 Å². The van der Waals surface area contributed by atoms with Gasteiger partial charge < -0.3 is 24.0 Å². The molecule has 6 rings (SSSR count). The molecule has 3 amide bonds. The van der Waals surface area contributed by atoms with Gasteiger partial charge in [-0.05, 0) is 62.4 Å². The number of benzene rings is 3. The Bertz CT molecular complexity index is 1710. The second-order valence-electron chi connectivity index (χ2n) is 10.9. The van der Waals surface area contributed by atoms with Gasteiger partial charge in [-0.1, -0.05) is 48.0 Å². The molecule has 230 valence electrons. The number of piperazine rings is 1. The maximum atomic E-state index is 14.7. The largest absolute Gasteiger partial charge is 0.491 e. The average molecular weight is 627 g/mol. The number of pyridine rings is 1. The van der Waals surface area contributed by atoms with E-state index in [1.54, 1.807) is 78.0 Å². The molecule has 1 atom stereocenters. The summed E-state index contributed by atoms with van der Waals surface area (Å²) in [6.07, 6.45) is 1.50. The van der Waals surface area contributed by atoms with Gasteiger partial charge in [-0.2, -0.15) is 0 Å². The maximum absolute atomic E-state index is 14.7. The van der Waals surface area contributed by atoms with Gasteiger partial charge in [-0.15, -0.1) is 0 Å². The SMILES string of the molecule is CC(C)Oc1ccccc1C1(OC(=O)N2CCN(c3ccncc3)CC2)C(=O)N(C(=O)Oc2ccccc2)c2ccc(Cl)cc21. The number of ether oxygens (including phenoxy) is 3. The predicted octanol–water partition coefficient (Wildman–Crippen LogP) is 6.27. The van der Waals surface area contributed by atoms with E-state index < -0.39 is 23.7 Å². The lowest BCUT2D eigenvalue weighted by molar-refractivity contribution is -0.133. The van der Waals surface area contributed by atoms with Crippen LogP contribution in [0.5, 0.6) is 11.5 Å². The molecule has 0 radical (unpaired) electrons. The Labute approximate surface area is 265 Å². The van der Waals surface area contributed by atoms with Crippen molar-refractivity contribution in [1.82, 2.24) is 9.88 Å². The second-order valence-corrected chi connectivity index (χ2v) is 11.3. The van der Waals surface area contributed by atoms with Crippen molar-refractivity contribution in [2.24, 2.45) is 0 Å². The van der Waals surface area contributed by atoms with E-state index >= 15 is 0 Å². The summed E-state index contributed by atoms with van der Waals surface area (Å²) in [6, 6.07) is 23.7. The number of nitrogens with zero attached hydrogens (tertiary/aromatic N) is 4. The lowest BCUT2D eigenvalue weighted by Crippen LogP contribution is -2.53. The van der Waals surface area contributed by atoms with Crippen molar-refractivity contribution in [3.8, 4) is 11.5 Å². The van der Waals surface area contributed by atoms with Crippen LogP contribution in [-0.2, 0) is 15.1 Å². The van der Waals surface area contributed by atoms with Gasteiger partial charge in [-0.3, -0.25) is 9.78 Å². The van der Waals surface area contributed by atoms with E-state index in [0.717, 1.165) is 10.6 Å². The van der Waals surface area contributed by atoms with E-state index in [-0.39, 0.29) is 33.7 Å². The number of aromatic nitrogens is 1. The van der Waals surface area contributed by atoms with Crippen LogP contribution in [0.3, 0.4) is 0 Å². The zero-order chi connectivity index (χ0) is 31.6. The number of anilines is 2. The molecule has 0 saturated carbocycles. The summed E-state index contributed by atoms with van der Waals surface area (Å²) in [7, 11) is 0. The van der Waals surface area contributed by atoms with Crippen LogP contribution in [0.15, 0.2) is 97.3 Å². The third kappa shape index (κ3) is 5.76. The Hall–Kier alpha value is -5.09. The van der Waals surface area contributed by atoms with Crippen molar-refractivity contribution in [2.45, 2.75) is 25.6 Å². The molecule has 1 aromatic heterocycles. The number of carbonyl (C=O) groups excluding carboxylic acids is 3. The van der Waals surface area contributed by atoms with Crippen molar-refractivity contribution in [2.75, 3.05) is 36.0 Å². The van der Waals surface area contributed by atoms with E-state index in [1.165, 1.54) is 12.1 Å². The second kappa shape index (κ2) is 12.5. The summed E-state index contributed by atoms with van der Waals surface area (Å²) in [5.74, 6) is -0.263. The van der Waals surface area contributed by atoms with E-state index in [2.05, 4.69) is 9.88 Å². The van der Waals surface area contributed by atoms with Gasteiger partial charge in [0.25, 0.3) is 5.91 Å². The minimum absolute atomic E-state index is 0.181. The number of hydrogen-bond acceptors (Lipinski definition) is 8. The smallest absolute Gasteiger partial charge is 0.426 e. The fraction of sp³-hybridized carbons (Fsp3) is 0.235. The summed E-state index contributed by atoms with van der Waals surface area (Å²) in [4.78, 5) is 51.1. The Kier molecular flexibility index (Phi) is 8.32. The van der Waals surface area contributed by atoms with Crippen LogP contribution in [0.2, 0.25) is 5.02 Å². The molecule has 2 aliphatic rings. The van der Waals surface area contributed by atoms with Gasteiger partial charge in [0.15, 0.2) is 0 Å². The molecule has 0 bridgehead atoms. The molecule has 0 N–H and O–H groups in total. The Morgan fingerprint density at radius 3 is 2.24 bits per heavy atom. The van der Waals surface area contributed by atoms with Gasteiger partial charge >= 0.3 is 12.2 Å². The van der Waals surface area contributed by atoms with Crippen LogP contribution in [0, 0.1) is 0 Å². The molecule has 4 aromatic rings. The molecule has 2 aliphatic heterocycles. The standard InChI is InChI=1S/C34H31ClN4O6/c1-23(2)43-30-11-7-6-10-27(30)34(45-32(41)38-20-18-37(19-21-38)25-14-16-36-17-15-25)28-22-24(35)12-13-29(28)39(31(34)40)33(42)44-26-8-4-3-5-9-26/h3-17,22-23H,18-21H2,1-2H3. The number of fused-ring (bicyclic) bond motifs is 1. The first-order valence-corrected chi connectivity index (χ1v) is 15.0. The molecule has 10 nitrogen and oxygen atoms in total. The monoisotopic (exact) mass is 626 g/mol. The quantitative estimate of drug-likeness (QED) is 0.247. The number of halogens is 1. The highest BCUT2D eigenvalue weighted by Gasteiger charge is 2.60. The first-order chi connectivity index (χ1) is 21.8. The Morgan fingerprint density at radius 1 is 0.844 bits per heavy atom. The first-order valence-electron chi connectivity index (χ1n) is 14.6. The predicted molar refractivity (Wildman–Crippen MR) is 169 cm³/mol. The van der Waals surface area contributed by atoms with E-state index in [9.17, 15) is 14.4 Å². The topological polar surface area (TPSA) is 102 Å². The van der Waals surface area contributed by atoms with Crippen LogP contribution >= 0.6 is 11.6 Å². The summed E-state index contributed by atoms with van der Waals surface area (Å²) in [5.41, 5.74) is -0.461. The number of carbonyl (C=O) groups is 3. The zero-order valence-corrected chi connectivity index (χ0v) is 25.5. The van der Waals surface area contributed by atoms with E-state index in [1.807, 2.05) is 26.0 Å². The van der Waals surface area contributed by atoms with Crippen molar-refractivity contribution in [3.63, 3.8) is 0 Å². The lowest BCUT2D eigenvalue weighted by Gasteiger charge is -2.38. The zero-order valence-electron chi connectivity index (χ0n) is 24.8. The van der Waals surface area contributed by atoms with E-state index in [4.69, 9.17) is 25.8 Å². The normalized spacial score (nSPS) is 17.7. The lowest BCUT2D eigenvalue weighted by atomic mass is 9.86. The van der Waals surface area contributed by atoms with Gasteiger partial charge in [0.05, 0.1) is 17.4 Å². The minimum Gasteiger partial charge on any atom is -0.491 e. The van der Waals surface area contributed by atoms with Crippen LogP contribution in [0.1, 0.15) is 25.0 Å². The minimum atomic E-state index is -2.11. The van der Waals surface area contributed by atoms with Crippen LogP contribution < -0.4 is 19.3 Å². The highest BCUT2D eigenvalue weighted by molar-refractivity contribution is 6.31. The molecule has 11 heteroatoms. The number of amides is 3. The van der Waals surface area contributed by atoms with Crippen molar-refractivity contribution in [1.29, 1.82) is 0 Å². The maximum Gasteiger partial charge on any atom is 0.426 e. The van der Waals surface area contributed by atoms with Crippen LogP contribution in [0.25, 0.3) is 0 Å². The Morgan fingerprint density at radius 2 is 1.53 bits per heavy atom. The van der Waals surface area contributed by atoms with E-state index in [0.29, 0.717) is 31.9 Å².